The van der Waals surface area contributed by atoms with Gasteiger partial charge in [-0.2, -0.15) is 0 Å². The molecule has 0 aliphatic carbocycles. The van der Waals surface area contributed by atoms with E-state index in [0.29, 0.717) is 18.7 Å². The first-order valence-electron chi connectivity index (χ1n) is 6.13. The van der Waals surface area contributed by atoms with Crippen LogP contribution in [0.5, 0.6) is 0 Å². The van der Waals surface area contributed by atoms with Gasteiger partial charge in [-0.3, -0.25) is 9.59 Å². The number of rotatable bonds is 2. The maximum Gasteiger partial charge on any atom is 0.254 e. The average Bonchev–Trinajstić information content (AvgIpc) is 2.81. The third-order valence-corrected chi connectivity index (χ3v) is 3.55. The van der Waals surface area contributed by atoms with Crippen LogP contribution in [0.2, 0.25) is 0 Å². The quantitative estimate of drug-likeness (QED) is 0.817. The Morgan fingerprint density at radius 2 is 2.28 bits per heavy atom. The van der Waals surface area contributed by atoms with E-state index in [4.69, 9.17) is 0 Å². The van der Waals surface area contributed by atoms with Gasteiger partial charge >= 0.3 is 0 Å². The normalized spacial score (nSPS) is 21.1. The minimum Gasteiger partial charge on any atom is -0.393 e. The zero-order chi connectivity index (χ0) is 13.3. The number of carbonyl (C=O) groups is 1. The number of pyridine rings is 1. The van der Waals surface area contributed by atoms with Gasteiger partial charge in [0.15, 0.2) is 0 Å². The van der Waals surface area contributed by atoms with Crippen molar-refractivity contribution in [1.82, 2.24) is 9.47 Å². The lowest BCUT2D eigenvalue weighted by Gasteiger charge is -2.17. The predicted octanol–water partition coefficient (Wildman–Crippen LogP) is 0.228. The number of aromatic nitrogens is 1. The van der Waals surface area contributed by atoms with Crippen molar-refractivity contribution in [3.8, 4) is 0 Å². The molecule has 2 heterocycles. The van der Waals surface area contributed by atoms with E-state index in [2.05, 4.69) is 0 Å². The van der Waals surface area contributed by atoms with Gasteiger partial charge in [-0.15, -0.1) is 0 Å². The summed E-state index contributed by atoms with van der Waals surface area (Å²) in [6.45, 7) is 2.95. The van der Waals surface area contributed by atoms with E-state index in [-0.39, 0.29) is 17.4 Å². The summed E-state index contributed by atoms with van der Waals surface area (Å²) in [5, 5.41) is 9.51. The molecule has 1 N–H and O–H groups in total. The largest absolute Gasteiger partial charge is 0.393 e. The number of aryl methyl sites for hydroxylation is 1. The van der Waals surface area contributed by atoms with Crippen LogP contribution < -0.4 is 5.56 Å². The van der Waals surface area contributed by atoms with Crippen LogP contribution in [-0.2, 0) is 7.05 Å². The van der Waals surface area contributed by atoms with Crippen molar-refractivity contribution in [2.75, 3.05) is 13.1 Å². The smallest absolute Gasteiger partial charge is 0.254 e. The number of carbonyl (C=O) groups excluding carboxylic acids is 1. The lowest BCUT2D eigenvalue weighted by Crippen LogP contribution is -2.31. The molecule has 0 aromatic carbocycles. The van der Waals surface area contributed by atoms with Gasteiger partial charge in [-0.05, 0) is 19.4 Å². The molecule has 98 valence electrons. The van der Waals surface area contributed by atoms with E-state index in [1.165, 1.54) is 10.6 Å². The number of aliphatic hydroxyl groups excluding tert-OH is 1. The highest BCUT2D eigenvalue weighted by Gasteiger charge is 2.29. The zero-order valence-electron chi connectivity index (χ0n) is 10.7. The van der Waals surface area contributed by atoms with Crippen molar-refractivity contribution in [1.29, 1.82) is 0 Å². The first-order valence-corrected chi connectivity index (χ1v) is 6.13. The summed E-state index contributed by atoms with van der Waals surface area (Å²) in [5.41, 5.74) is 0.233. The number of hydrogen-bond acceptors (Lipinski definition) is 3. The van der Waals surface area contributed by atoms with Crippen LogP contribution in [0, 0.1) is 5.92 Å². The molecule has 5 heteroatoms. The maximum absolute atomic E-state index is 12.2. The molecule has 1 aliphatic heterocycles. The minimum atomic E-state index is -0.397. The van der Waals surface area contributed by atoms with Crippen molar-refractivity contribution in [2.24, 2.45) is 13.0 Å². The second-order valence-corrected chi connectivity index (χ2v) is 4.91. The third-order valence-electron chi connectivity index (χ3n) is 3.55. The van der Waals surface area contributed by atoms with Gasteiger partial charge in [-0.25, -0.2) is 0 Å². The summed E-state index contributed by atoms with van der Waals surface area (Å²) in [7, 11) is 1.65. The highest BCUT2D eigenvalue weighted by atomic mass is 16.3. The Kier molecular flexibility index (Phi) is 3.52. The fraction of sp³-hybridized carbons (Fsp3) is 0.538. The second-order valence-electron chi connectivity index (χ2n) is 4.91. The minimum absolute atomic E-state index is 0.129. The van der Waals surface area contributed by atoms with Crippen LogP contribution in [0.3, 0.4) is 0 Å². The summed E-state index contributed by atoms with van der Waals surface area (Å²) in [6.07, 6.45) is 2.01. The standard InChI is InChI=1S/C13H18N2O3/c1-9(16)11-4-6-15(8-11)13(18)10-3-5-14(2)12(17)7-10/h3,5,7,9,11,16H,4,6,8H2,1-2H3. The van der Waals surface area contributed by atoms with E-state index in [0.717, 1.165) is 6.42 Å². The Hall–Kier alpha value is -1.62. The SMILES string of the molecule is CC(O)C1CCN(C(=O)c2ccn(C)c(=O)c2)C1. The van der Waals surface area contributed by atoms with Crippen LogP contribution in [0.4, 0.5) is 0 Å². The molecule has 1 fully saturated rings. The topological polar surface area (TPSA) is 62.5 Å². The predicted molar refractivity (Wildman–Crippen MR) is 67.4 cm³/mol. The lowest BCUT2D eigenvalue weighted by molar-refractivity contribution is 0.0762. The highest BCUT2D eigenvalue weighted by molar-refractivity contribution is 5.94. The van der Waals surface area contributed by atoms with E-state index in [1.807, 2.05) is 0 Å². The molecular formula is C13H18N2O3. The molecule has 1 amide bonds. The first kappa shape index (κ1) is 12.8. The van der Waals surface area contributed by atoms with E-state index >= 15 is 0 Å². The van der Waals surface area contributed by atoms with Crippen molar-refractivity contribution < 1.29 is 9.90 Å². The van der Waals surface area contributed by atoms with Gasteiger partial charge in [0.05, 0.1) is 6.10 Å². The third kappa shape index (κ3) is 2.46. The van der Waals surface area contributed by atoms with E-state index in [9.17, 15) is 14.7 Å². The van der Waals surface area contributed by atoms with Gasteiger partial charge in [-0.1, -0.05) is 0 Å². The Balaban J connectivity index is 2.13. The lowest BCUT2D eigenvalue weighted by atomic mass is 10.0. The molecule has 2 atom stereocenters. The van der Waals surface area contributed by atoms with Crippen molar-refractivity contribution in [3.05, 3.63) is 34.2 Å². The number of nitrogens with zero attached hydrogens (tertiary/aromatic N) is 2. The van der Waals surface area contributed by atoms with Gasteiger partial charge < -0.3 is 14.6 Å². The van der Waals surface area contributed by atoms with Crippen LogP contribution in [-0.4, -0.2) is 39.7 Å². The number of hydrogen-bond donors (Lipinski definition) is 1. The van der Waals surface area contributed by atoms with Gasteiger partial charge in [0, 0.05) is 43.9 Å². The molecule has 5 nitrogen and oxygen atoms in total. The molecule has 1 aliphatic rings. The highest BCUT2D eigenvalue weighted by Crippen LogP contribution is 2.21. The number of aliphatic hydroxyl groups is 1. The Morgan fingerprint density at radius 3 is 2.83 bits per heavy atom. The summed E-state index contributed by atoms with van der Waals surface area (Å²) in [6, 6.07) is 3.01. The maximum atomic E-state index is 12.2. The Bertz CT molecular complexity index is 507. The fourth-order valence-electron chi connectivity index (χ4n) is 2.23. The van der Waals surface area contributed by atoms with E-state index < -0.39 is 6.10 Å². The molecule has 0 spiro atoms. The molecule has 0 radical (unpaired) electrons. The van der Waals surface area contributed by atoms with Crippen molar-refractivity contribution >= 4 is 5.91 Å². The van der Waals surface area contributed by atoms with Gasteiger partial charge in [0.1, 0.15) is 0 Å². The molecule has 1 saturated heterocycles. The average molecular weight is 250 g/mol. The van der Waals surface area contributed by atoms with Crippen LogP contribution in [0.15, 0.2) is 23.1 Å². The van der Waals surface area contributed by atoms with Crippen LogP contribution >= 0.6 is 0 Å². The molecular weight excluding hydrogens is 232 g/mol. The molecule has 1 aromatic rings. The first-order chi connectivity index (χ1) is 8.49. The van der Waals surface area contributed by atoms with Crippen LogP contribution in [0.25, 0.3) is 0 Å². The molecule has 0 bridgehead atoms. The molecule has 2 unspecified atom stereocenters. The fourth-order valence-corrected chi connectivity index (χ4v) is 2.23. The van der Waals surface area contributed by atoms with E-state index in [1.54, 1.807) is 31.1 Å². The van der Waals surface area contributed by atoms with Crippen molar-refractivity contribution in [3.63, 3.8) is 0 Å². The Morgan fingerprint density at radius 1 is 1.56 bits per heavy atom. The monoisotopic (exact) mass is 250 g/mol. The second kappa shape index (κ2) is 4.94. The molecule has 1 aromatic heterocycles. The van der Waals surface area contributed by atoms with Gasteiger partial charge in [0.2, 0.25) is 0 Å². The molecule has 0 saturated carbocycles. The number of likely N-dealkylation sites (tertiary alicyclic amines) is 1. The summed E-state index contributed by atoms with van der Waals surface area (Å²) < 4.78 is 1.43. The van der Waals surface area contributed by atoms with Crippen LogP contribution in [0.1, 0.15) is 23.7 Å². The molecule has 2 rings (SSSR count). The summed E-state index contributed by atoms with van der Waals surface area (Å²) >= 11 is 0. The van der Waals surface area contributed by atoms with Crippen molar-refractivity contribution in [2.45, 2.75) is 19.4 Å². The Labute approximate surface area is 106 Å². The summed E-state index contributed by atoms with van der Waals surface area (Å²) in [4.78, 5) is 25.4. The van der Waals surface area contributed by atoms with Gasteiger partial charge in [0.25, 0.3) is 11.5 Å². The summed E-state index contributed by atoms with van der Waals surface area (Å²) in [5.74, 6) is 0.0105. The molecule has 18 heavy (non-hydrogen) atoms. The number of amides is 1. The zero-order valence-corrected chi connectivity index (χ0v) is 10.7.